The van der Waals surface area contributed by atoms with Gasteiger partial charge in [0, 0.05) is 25.8 Å². The lowest BCUT2D eigenvalue weighted by molar-refractivity contribution is 0.217. The zero-order chi connectivity index (χ0) is 12.4. The third kappa shape index (κ3) is 2.43. The first kappa shape index (κ1) is 12.0. The van der Waals surface area contributed by atoms with Crippen molar-refractivity contribution in [2.75, 3.05) is 25.0 Å². The lowest BCUT2D eigenvalue weighted by atomic mass is 10.1. The van der Waals surface area contributed by atoms with Gasteiger partial charge in [-0.15, -0.1) is 0 Å². The normalized spacial score (nSPS) is 15.1. The quantitative estimate of drug-likeness (QED) is 0.730. The summed E-state index contributed by atoms with van der Waals surface area (Å²) in [6.45, 7) is 5.91. The molecule has 0 aliphatic carbocycles. The summed E-state index contributed by atoms with van der Waals surface area (Å²) in [5.74, 6) is 0. The Morgan fingerprint density at radius 1 is 1.24 bits per heavy atom. The average molecular weight is 232 g/mol. The molecule has 1 aliphatic rings. The van der Waals surface area contributed by atoms with E-state index in [2.05, 4.69) is 26.0 Å². The fourth-order valence-corrected chi connectivity index (χ4v) is 2.41. The highest BCUT2D eigenvalue weighted by Gasteiger charge is 2.22. The topological polar surface area (TPSA) is 23.6 Å². The summed E-state index contributed by atoms with van der Waals surface area (Å²) in [5.41, 5.74) is 3.39. The number of hydrogen-bond acceptors (Lipinski definition) is 1. The van der Waals surface area contributed by atoms with Gasteiger partial charge in [0.1, 0.15) is 0 Å². The molecule has 0 atom stereocenters. The molecule has 0 N–H and O–H groups in total. The van der Waals surface area contributed by atoms with E-state index >= 15 is 0 Å². The second-order valence-corrected chi connectivity index (χ2v) is 4.83. The number of aryl methyl sites for hydroxylation is 2. The number of amides is 2. The summed E-state index contributed by atoms with van der Waals surface area (Å²) in [5, 5.41) is 0. The molecule has 0 radical (unpaired) electrons. The number of benzene rings is 1. The Balaban J connectivity index is 2.18. The molecular weight excluding hydrogens is 212 g/mol. The molecule has 1 saturated heterocycles. The van der Waals surface area contributed by atoms with E-state index in [1.54, 1.807) is 4.90 Å². The highest BCUT2D eigenvalue weighted by molar-refractivity contribution is 5.92. The van der Waals surface area contributed by atoms with Crippen molar-refractivity contribution >= 4 is 11.7 Å². The largest absolute Gasteiger partial charge is 0.324 e. The van der Waals surface area contributed by atoms with Gasteiger partial charge in [-0.25, -0.2) is 4.79 Å². The fraction of sp³-hybridized carbons (Fsp3) is 0.500. The Morgan fingerprint density at radius 3 is 2.47 bits per heavy atom. The lowest BCUT2D eigenvalue weighted by Gasteiger charge is -2.25. The minimum Gasteiger partial charge on any atom is -0.324 e. The molecule has 0 spiro atoms. The molecular formula is C14H20N2O. The van der Waals surface area contributed by atoms with Crippen LogP contribution in [-0.2, 0) is 0 Å². The van der Waals surface area contributed by atoms with E-state index < -0.39 is 0 Å². The summed E-state index contributed by atoms with van der Waals surface area (Å²) in [6, 6.07) is 6.31. The van der Waals surface area contributed by atoms with Crippen molar-refractivity contribution in [3.63, 3.8) is 0 Å². The van der Waals surface area contributed by atoms with Crippen molar-refractivity contribution in [2.45, 2.75) is 26.7 Å². The minimum absolute atomic E-state index is 0.120. The van der Waals surface area contributed by atoms with Gasteiger partial charge in [0.15, 0.2) is 0 Å². The molecule has 1 heterocycles. The second kappa shape index (κ2) is 4.78. The van der Waals surface area contributed by atoms with E-state index in [0.717, 1.165) is 37.2 Å². The van der Waals surface area contributed by atoms with Crippen LogP contribution >= 0.6 is 0 Å². The smallest absolute Gasteiger partial charge is 0.324 e. The van der Waals surface area contributed by atoms with Crippen molar-refractivity contribution < 1.29 is 4.79 Å². The van der Waals surface area contributed by atoms with Gasteiger partial charge in [-0.1, -0.05) is 17.7 Å². The molecule has 2 rings (SSSR count). The predicted octanol–water partition coefficient (Wildman–Crippen LogP) is 2.96. The van der Waals surface area contributed by atoms with Gasteiger partial charge < -0.3 is 4.90 Å². The van der Waals surface area contributed by atoms with Crippen LogP contribution < -0.4 is 4.90 Å². The molecule has 3 heteroatoms. The Labute approximate surface area is 103 Å². The maximum Gasteiger partial charge on any atom is 0.324 e. The molecule has 2 amide bonds. The Bertz CT molecular complexity index is 422. The fourth-order valence-electron chi connectivity index (χ4n) is 2.41. The molecule has 17 heavy (non-hydrogen) atoms. The van der Waals surface area contributed by atoms with Crippen LogP contribution in [0.15, 0.2) is 18.2 Å². The van der Waals surface area contributed by atoms with E-state index in [1.165, 1.54) is 5.56 Å². The first-order chi connectivity index (χ1) is 8.09. The summed E-state index contributed by atoms with van der Waals surface area (Å²) >= 11 is 0. The standard InChI is InChI=1S/C14H20N2O/c1-11-6-7-13(12(2)10-11)15(3)14(17)16-8-4-5-9-16/h6-7,10H,4-5,8-9H2,1-3H3. The van der Waals surface area contributed by atoms with Crippen LogP contribution in [0.5, 0.6) is 0 Å². The molecule has 0 bridgehead atoms. The van der Waals surface area contributed by atoms with E-state index in [0.29, 0.717) is 0 Å². The van der Waals surface area contributed by atoms with Crippen molar-refractivity contribution in [2.24, 2.45) is 0 Å². The maximum atomic E-state index is 12.2. The number of carbonyl (C=O) groups is 1. The summed E-state index contributed by atoms with van der Waals surface area (Å²) in [7, 11) is 1.86. The first-order valence-corrected chi connectivity index (χ1v) is 6.19. The number of urea groups is 1. The van der Waals surface area contributed by atoms with E-state index in [4.69, 9.17) is 0 Å². The number of carbonyl (C=O) groups excluding carboxylic acids is 1. The number of likely N-dealkylation sites (tertiary alicyclic amines) is 1. The van der Waals surface area contributed by atoms with Gasteiger partial charge >= 0.3 is 6.03 Å². The van der Waals surface area contributed by atoms with Crippen LogP contribution in [0.4, 0.5) is 10.5 Å². The molecule has 3 nitrogen and oxygen atoms in total. The Morgan fingerprint density at radius 2 is 1.88 bits per heavy atom. The van der Waals surface area contributed by atoms with E-state index in [-0.39, 0.29) is 6.03 Å². The average Bonchev–Trinajstić information content (AvgIpc) is 2.80. The van der Waals surface area contributed by atoms with Gasteiger partial charge in [0.2, 0.25) is 0 Å². The highest BCUT2D eigenvalue weighted by Crippen LogP contribution is 2.22. The molecule has 0 aromatic heterocycles. The third-order valence-electron chi connectivity index (χ3n) is 3.38. The SMILES string of the molecule is Cc1ccc(N(C)C(=O)N2CCCC2)c(C)c1. The van der Waals surface area contributed by atoms with Crippen molar-refractivity contribution in [3.8, 4) is 0 Å². The predicted molar refractivity (Wildman–Crippen MR) is 70.5 cm³/mol. The maximum absolute atomic E-state index is 12.2. The van der Waals surface area contributed by atoms with Crippen LogP contribution in [0.25, 0.3) is 0 Å². The summed E-state index contributed by atoms with van der Waals surface area (Å²) in [4.78, 5) is 15.9. The summed E-state index contributed by atoms with van der Waals surface area (Å²) < 4.78 is 0. The Kier molecular flexibility index (Phi) is 3.36. The monoisotopic (exact) mass is 232 g/mol. The van der Waals surface area contributed by atoms with Crippen LogP contribution in [0, 0.1) is 13.8 Å². The van der Waals surface area contributed by atoms with Gasteiger partial charge in [-0.3, -0.25) is 4.90 Å². The van der Waals surface area contributed by atoms with Crippen molar-refractivity contribution in [3.05, 3.63) is 29.3 Å². The molecule has 92 valence electrons. The van der Waals surface area contributed by atoms with Crippen molar-refractivity contribution in [1.82, 2.24) is 4.90 Å². The van der Waals surface area contributed by atoms with E-state index in [1.807, 2.05) is 18.0 Å². The number of rotatable bonds is 1. The molecule has 0 unspecified atom stereocenters. The Hall–Kier alpha value is -1.51. The second-order valence-electron chi connectivity index (χ2n) is 4.83. The molecule has 1 aromatic rings. The highest BCUT2D eigenvalue weighted by atomic mass is 16.2. The molecule has 0 saturated carbocycles. The van der Waals surface area contributed by atoms with Crippen LogP contribution in [-0.4, -0.2) is 31.1 Å². The molecule has 1 aromatic carbocycles. The van der Waals surface area contributed by atoms with Gasteiger partial charge in [0.25, 0.3) is 0 Å². The lowest BCUT2D eigenvalue weighted by Crippen LogP contribution is -2.39. The van der Waals surface area contributed by atoms with Crippen molar-refractivity contribution in [1.29, 1.82) is 0 Å². The minimum atomic E-state index is 0.120. The van der Waals surface area contributed by atoms with Gasteiger partial charge in [0.05, 0.1) is 0 Å². The number of anilines is 1. The first-order valence-electron chi connectivity index (χ1n) is 6.19. The third-order valence-corrected chi connectivity index (χ3v) is 3.38. The number of nitrogens with zero attached hydrogens (tertiary/aromatic N) is 2. The van der Waals surface area contributed by atoms with E-state index in [9.17, 15) is 4.79 Å². The zero-order valence-electron chi connectivity index (χ0n) is 10.9. The van der Waals surface area contributed by atoms with Crippen LogP contribution in [0.2, 0.25) is 0 Å². The van der Waals surface area contributed by atoms with Crippen LogP contribution in [0.3, 0.4) is 0 Å². The van der Waals surface area contributed by atoms with Crippen LogP contribution in [0.1, 0.15) is 24.0 Å². The van der Waals surface area contributed by atoms with Gasteiger partial charge in [-0.05, 0) is 38.3 Å². The van der Waals surface area contributed by atoms with Gasteiger partial charge in [-0.2, -0.15) is 0 Å². The number of hydrogen-bond donors (Lipinski definition) is 0. The zero-order valence-corrected chi connectivity index (χ0v) is 10.9. The summed E-state index contributed by atoms with van der Waals surface area (Å²) in [6.07, 6.45) is 2.26. The molecule has 1 aliphatic heterocycles. The molecule has 1 fully saturated rings.